The van der Waals surface area contributed by atoms with E-state index in [0.29, 0.717) is 5.92 Å². The van der Waals surface area contributed by atoms with Crippen molar-refractivity contribution >= 4 is 17.0 Å². The van der Waals surface area contributed by atoms with Crippen molar-refractivity contribution < 1.29 is 9.90 Å². The van der Waals surface area contributed by atoms with E-state index in [2.05, 4.69) is 17.0 Å². The summed E-state index contributed by atoms with van der Waals surface area (Å²) >= 11 is 1.26. The van der Waals surface area contributed by atoms with Gasteiger partial charge in [-0.15, -0.1) is 0 Å². The summed E-state index contributed by atoms with van der Waals surface area (Å²) in [4.78, 5) is 16.6. The third kappa shape index (κ3) is 4.23. The number of hydrogen-bond donors (Lipinski definition) is 1. The Kier molecular flexibility index (Phi) is 5.46. The number of aliphatic hydroxyl groups is 1. The Hall–Kier alpha value is -1.04. The third-order valence-electron chi connectivity index (χ3n) is 3.50. The zero-order valence-corrected chi connectivity index (χ0v) is 12.9. The Labute approximate surface area is 124 Å². The second-order valence-electron chi connectivity index (χ2n) is 5.48. The topological polar surface area (TPSA) is 43.8 Å². The maximum absolute atomic E-state index is 11.7. The van der Waals surface area contributed by atoms with Gasteiger partial charge in [0.05, 0.1) is 0 Å². The SMILES string of the molecule is CN(C)C(=O)Sc1cccc(CN2CCC(CO)C2)c1. The van der Waals surface area contributed by atoms with Gasteiger partial charge in [-0.1, -0.05) is 12.1 Å². The lowest BCUT2D eigenvalue weighted by Crippen LogP contribution is -2.21. The summed E-state index contributed by atoms with van der Waals surface area (Å²) in [6.45, 7) is 3.18. The molecule has 1 N–H and O–H groups in total. The molecule has 1 aromatic carbocycles. The van der Waals surface area contributed by atoms with Gasteiger partial charge in [-0.25, -0.2) is 0 Å². The van der Waals surface area contributed by atoms with E-state index >= 15 is 0 Å². The van der Waals surface area contributed by atoms with Crippen molar-refractivity contribution in [3.63, 3.8) is 0 Å². The van der Waals surface area contributed by atoms with Crippen LogP contribution in [-0.4, -0.2) is 53.9 Å². The van der Waals surface area contributed by atoms with E-state index in [1.54, 1.807) is 19.0 Å². The standard InChI is InChI=1S/C15H22N2O2S/c1-16(2)15(19)20-14-5-3-4-12(8-14)9-17-7-6-13(10-17)11-18/h3-5,8,13,18H,6-7,9-11H2,1-2H3. The number of aliphatic hydroxyl groups excluding tert-OH is 1. The highest BCUT2D eigenvalue weighted by Gasteiger charge is 2.21. The summed E-state index contributed by atoms with van der Waals surface area (Å²) in [5, 5.41) is 9.22. The van der Waals surface area contributed by atoms with Crippen LogP contribution < -0.4 is 0 Å². The fraction of sp³-hybridized carbons (Fsp3) is 0.533. The minimum absolute atomic E-state index is 0.0451. The molecule has 0 aliphatic carbocycles. The molecular weight excluding hydrogens is 272 g/mol. The van der Waals surface area contributed by atoms with Crippen molar-refractivity contribution in [1.29, 1.82) is 0 Å². The Balaban J connectivity index is 1.94. The van der Waals surface area contributed by atoms with E-state index < -0.39 is 0 Å². The summed E-state index contributed by atoms with van der Waals surface area (Å²) < 4.78 is 0. The molecule has 1 saturated heterocycles. The third-order valence-corrected chi connectivity index (χ3v) is 4.53. The molecule has 1 heterocycles. The summed E-state index contributed by atoms with van der Waals surface area (Å²) in [6.07, 6.45) is 1.07. The van der Waals surface area contributed by atoms with Gasteiger partial charge in [-0.3, -0.25) is 9.69 Å². The van der Waals surface area contributed by atoms with E-state index in [-0.39, 0.29) is 11.8 Å². The van der Waals surface area contributed by atoms with Gasteiger partial charge >= 0.3 is 0 Å². The molecular formula is C15H22N2O2S. The number of hydrogen-bond acceptors (Lipinski definition) is 4. The lowest BCUT2D eigenvalue weighted by Gasteiger charge is -2.16. The quantitative estimate of drug-likeness (QED) is 0.865. The summed E-state index contributed by atoms with van der Waals surface area (Å²) in [5.74, 6) is 0.419. The van der Waals surface area contributed by atoms with Crippen LogP contribution in [0.5, 0.6) is 0 Å². The molecule has 5 heteroatoms. The molecule has 1 fully saturated rings. The number of carbonyl (C=O) groups excluding carboxylic acids is 1. The first kappa shape index (κ1) is 15.4. The number of carbonyl (C=O) groups is 1. The fourth-order valence-corrected chi connectivity index (χ4v) is 3.10. The molecule has 0 saturated carbocycles. The van der Waals surface area contributed by atoms with Crippen molar-refractivity contribution in [2.45, 2.75) is 17.9 Å². The number of nitrogens with zero attached hydrogens (tertiary/aromatic N) is 2. The average molecular weight is 294 g/mol. The van der Waals surface area contributed by atoms with Crippen LogP contribution in [0.15, 0.2) is 29.2 Å². The van der Waals surface area contributed by atoms with Gasteiger partial charge in [0.2, 0.25) is 0 Å². The Morgan fingerprint density at radius 1 is 1.50 bits per heavy atom. The minimum atomic E-state index is 0.0451. The van der Waals surface area contributed by atoms with Crippen molar-refractivity contribution in [2.75, 3.05) is 33.8 Å². The van der Waals surface area contributed by atoms with E-state index in [0.717, 1.165) is 31.0 Å². The molecule has 0 bridgehead atoms. The highest BCUT2D eigenvalue weighted by molar-refractivity contribution is 8.13. The van der Waals surface area contributed by atoms with Crippen molar-refractivity contribution in [1.82, 2.24) is 9.80 Å². The molecule has 2 rings (SSSR count). The van der Waals surface area contributed by atoms with Gasteiger partial charge in [-0.05, 0) is 48.3 Å². The van der Waals surface area contributed by atoms with Crippen molar-refractivity contribution in [2.24, 2.45) is 5.92 Å². The molecule has 110 valence electrons. The smallest absolute Gasteiger partial charge is 0.285 e. The number of rotatable bonds is 4. The predicted molar refractivity (Wildman–Crippen MR) is 81.9 cm³/mol. The van der Waals surface area contributed by atoms with Crippen LogP contribution in [0.4, 0.5) is 4.79 Å². The average Bonchev–Trinajstić information content (AvgIpc) is 2.86. The zero-order chi connectivity index (χ0) is 14.5. The zero-order valence-electron chi connectivity index (χ0n) is 12.1. The lowest BCUT2D eigenvalue weighted by atomic mass is 10.1. The number of benzene rings is 1. The van der Waals surface area contributed by atoms with Crippen molar-refractivity contribution in [3.05, 3.63) is 29.8 Å². The Morgan fingerprint density at radius 2 is 2.30 bits per heavy atom. The van der Waals surface area contributed by atoms with E-state index in [1.165, 1.54) is 17.3 Å². The maximum Gasteiger partial charge on any atom is 0.285 e. The summed E-state index contributed by atoms with van der Waals surface area (Å²) in [5.41, 5.74) is 1.22. The molecule has 0 spiro atoms. The molecule has 1 amide bonds. The first-order chi connectivity index (χ1) is 9.58. The Morgan fingerprint density at radius 3 is 2.95 bits per heavy atom. The molecule has 0 aromatic heterocycles. The molecule has 1 aliphatic rings. The normalized spacial score (nSPS) is 19.2. The van der Waals surface area contributed by atoms with Gasteiger partial charge in [0, 0.05) is 38.7 Å². The minimum Gasteiger partial charge on any atom is -0.396 e. The predicted octanol–water partition coefficient (Wildman–Crippen LogP) is 2.27. The lowest BCUT2D eigenvalue weighted by molar-refractivity contribution is 0.220. The number of thioether (sulfide) groups is 1. The monoisotopic (exact) mass is 294 g/mol. The van der Waals surface area contributed by atoms with Gasteiger partial charge in [0.15, 0.2) is 0 Å². The van der Waals surface area contributed by atoms with Gasteiger partial charge < -0.3 is 10.0 Å². The fourth-order valence-electron chi connectivity index (χ4n) is 2.36. The van der Waals surface area contributed by atoms with Crippen LogP contribution in [0.25, 0.3) is 0 Å². The van der Waals surface area contributed by atoms with E-state index in [1.807, 2.05) is 12.1 Å². The van der Waals surface area contributed by atoms with Crippen LogP contribution in [0.1, 0.15) is 12.0 Å². The Bertz CT molecular complexity index is 465. The molecule has 1 unspecified atom stereocenters. The second-order valence-corrected chi connectivity index (χ2v) is 6.51. The highest BCUT2D eigenvalue weighted by atomic mass is 32.2. The van der Waals surface area contributed by atoms with Crippen LogP contribution in [0.3, 0.4) is 0 Å². The molecule has 4 nitrogen and oxygen atoms in total. The second kappa shape index (κ2) is 7.11. The van der Waals surface area contributed by atoms with Gasteiger partial charge in [0.25, 0.3) is 5.24 Å². The van der Waals surface area contributed by atoms with E-state index in [4.69, 9.17) is 0 Å². The molecule has 1 aromatic rings. The highest BCUT2D eigenvalue weighted by Crippen LogP contribution is 2.23. The molecule has 0 radical (unpaired) electrons. The first-order valence-electron chi connectivity index (χ1n) is 6.89. The molecule has 20 heavy (non-hydrogen) atoms. The first-order valence-corrected chi connectivity index (χ1v) is 7.71. The van der Waals surface area contributed by atoms with Gasteiger partial charge in [-0.2, -0.15) is 0 Å². The summed E-state index contributed by atoms with van der Waals surface area (Å²) in [7, 11) is 3.52. The van der Waals surface area contributed by atoms with E-state index in [9.17, 15) is 9.90 Å². The van der Waals surface area contributed by atoms with Gasteiger partial charge in [0.1, 0.15) is 0 Å². The van der Waals surface area contributed by atoms with Crippen LogP contribution >= 0.6 is 11.8 Å². The number of likely N-dealkylation sites (tertiary alicyclic amines) is 1. The van der Waals surface area contributed by atoms with Crippen LogP contribution in [-0.2, 0) is 6.54 Å². The molecule has 1 aliphatic heterocycles. The summed E-state index contributed by atoms with van der Waals surface area (Å²) in [6, 6.07) is 8.14. The van der Waals surface area contributed by atoms with Crippen LogP contribution in [0.2, 0.25) is 0 Å². The maximum atomic E-state index is 11.7. The number of amides is 1. The largest absolute Gasteiger partial charge is 0.396 e. The van der Waals surface area contributed by atoms with Crippen molar-refractivity contribution in [3.8, 4) is 0 Å². The molecule has 1 atom stereocenters. The van der Waals surface area contributed by atoms with Crippen LogP contribution in [0, 0.1) is 5.92 Å².